The van der Waals surface area contributed by atoms with E-state index in [1.54, 1.807) is 6.07 Å². The second kappa shape index (κ2) is 6.36. The Bertz CT molecular complexity index is 451. The molecule has 2 N–H and O–H groups in total. The Morgan fingerprint density at radius 3 is 2.84 bits per heavy atom. The van der Waals surface area contributed by atoms with Gasteiger partial charge in [0.05, 0.1) is 0 Å². The van der Waals surface area contributed by atoms with E-state index in [0.29, 0.717) is 24.6 Å². The van der Waals surface area contributed by atoms with Crippen molar-refractivity contribution in [1.29, 1.82) is 0 Å². The lowest BCUT2D eigenvalue weighted by Gasteiger charge is -2.01. The number of hydrogen-bond acceptors (Lipinski definition) is 4. The van der Waals surface area contributed by atoms with Crippen LogP contribution in [0.5, 0.6) is 0 Å². The van der Waals surface area contributed by atoms with Crippen LogP contribution >= 0.6 is 0 Å². The molecule has 104 valence electrons. The van der Waals surface area contributed by atoms with Crippen LogP contribution in [0.1, 0.15) is 60.7 Å². The van der Waals surface area contributed by atoms with E-state index in [2.05, 4.69) is 10.5 Å². The molecule has 0 unspecified atom stereocenters. The molecule has 1 aromatic rings. The molecule has 0 spiro atoms. The molecule has 19 heavy (non-hydrogen) atoms. The van der Waals surface area contributed by atoms with Crippen LogP contribution in [0.3, 0.4) is 0 Å². The quantitative estimate of drug-likeness (QED) is 0.701. The number of aliphatic carboxylic acids is 1. The number of rotatable bonds is 8. The van der Waals surface area contributed by atoms with Gasteiger partial charge < -0.3 is 14.9 Å². The van der Waals surface area contributed by atoms with Crippen molar-refractivity contribution in [2.75, 3.05) is 6.54 Å². The second-order valence-corrected chi connectivity index (χ2v) is 4.85. The Balaban J connectivity index is 1.62. The summed E-state index contributed by atoms with van der Waals surface area (Å²) in [5, 5.41) is 15.0. The maximum Gasteiger partial charge on any atom is 0.303 e. The van der Waals surface area contributed by atoms with Gasteiger partial charge in [0.2, 0.25) is 0 Å². The summed E-state index contributed by atoms with van der Waals surface area (Å²) in [5.41, 5.74) is 0.326. The van der Waals surface area contributed by atoms with Gasteiger partial charge >= 0.3 is 5.97 Å². The topological polar surface area (TPSA) is 92.4 Å². The number of nitrogens with one attached hydrogen (secondary N) is 1. The van der Waals surface area contributed by atoms with Crippen LogP contribution in [-0.4, -0.2) is 28.7 Å². The van der Waals surface area contributed by atoms with E-state index in [1.807, 2.05) is 0 Å². The number of carboxylic acids is 1. The fraction of sp³-hybridized carbons (Fsp3) is 0.615. The molecule has 1 saturated carbocycles. The zero-order valence-electron chi connectivity index (χ0n) is 10.7. The second-order valence-electron chi connectivity index (χ2n) is 4.85. The molecule has 0 aliphatic heterocycles. The smallest absolute Gasteiger partial charge is 0.303 e. The van der Waals surface area contributed by atoms with Crippen LogP contribution in [0.4, 0.5) is 0 Å². The first-order chi connectivity index (χ1) is 9.16. The molecule has 1 aliphatic carbocycles. The highest BCUT2D eigenvalue weighted by molar-refractivity contribution is 5.92. The van der Waals surface area contributed by atoms with Crippen LogP contribution in [-0.2, 0) is 4.79 Å². The highest BCUT2D eigenvalue weighted by Gasteiger charge is 2.28. The number of nitrogens with zero attached hydrogens (tertiary/aromatic N) is 1. The van der Waals surface area contributed by atoms with E-state index < -0.39 is 5.97 Å². The third-order valence-corrected chi connectivity index (χ3v) is 3.09. The molecule has 0 aromatic carbocycles. The van der Waals surface area contributed by atoms with E-state index >= 15 is 0 Å². The lowest BCUT2D eigenvalue weighted by atomic mass is 10.2. The average Bonchev–Trinajstić information content (AvgIpc) is 3.11. The van der Waals surface area contributed by atoms with Crippen molar-refractivity contribution in [3.63, 3.8) is 0 Å². The average molecular weight is 266 g/mol. The molecule has 1 amide bonds. The molecule has 1 aromatic heterocycles. The SMILES string of the molecule is O=C(O)CCCCCNC(=O)c1cc(C2CC2)on1. The number of amides is 1. The largest absolute Gasteiger partial charge is 0.481 e. The van der Waals surface area contributed by atoms with E-state index in [0.717, 1.165) is 31.4 Å². The summed E-state index contributed by atoms with van der Waals surface area (Å²) in [7, 11) is 0. The fourth-order valence-corrected chi connectivity index (χ4v) is 1.83. The highest BCUT2D eigenvalue weighted by atomic mass is 16.5. The van der Waals surface area contributed by atoms with Gasteiger partial charge in [0.1, 0.15) is 5.76 Å². The van der Waals surface area contributed by atoms with Gasteiger partial charge in [-0.3, -0.25) is 9.59 Å². The van der Waals surface area contributed by atoms with Crippen molar-refractivity contribution in [2.24, 2.45) is 0 Å². The van der Waals surface area contributed by atoms with Gasteiger partial charge in [0, 0.05) is 24.9 Å². The van der Waals surface area contributed by atoms with Gasteiger partial charge in [-0.2, -0.15) is 0 Å². The van der Waals surface area contributed by atoms with Crippen LogP contribution in [0.2, 0.25) is 0 Å². The summed E-state index contributed by atoms with van der Waals surface area (Å²) in [6, 6.07) is 1.71. The van der Waals surface area contributed by atoms with Crippen molar-refractivity contribution >= 4 is 11.9 Å². The number of hydrogen-bond donors (Lipinski definition) is 2. The predicted octanol–water partition coefficient (Wildman–Crippen LogP) is 1.93. The first kappa shape index (κ1) is 13.6. The lowest BCUT2D eigenvalue weighted by Crippen LogP contribution is -2.24. The maximum absolute atomic E-state index is 11.7. The summed E-state index contributed by atoms with van der Waals surface area (Å²) in [5.74, 6) is 0.241. The zero-order valence-corrected chi connectivity index (χ0v) is 10.7. The van der Waals surface area contributed by atoms with Gasteiger partial charge in [-0.15, -0.1) is 0 Å². The number of aromatic nitrogens is 1. The predicted molar refractivity (Wildman–Crippen MR) is 66.9 cm³/mol. The zero-order chi connectivity index (χ0) is 13.7. The molecule has 6 heteroatoms. The summed E-state index contributed by atoms with van der Waals surface area (Å²) < 4.78 is 5.10. The number of carbonyl (C=O) groups excluding carboxylic acids is 1. The molecule has 1 heterocycles. The minimum absolute atomic E-state index is 0.183. The maximum atomic E-state index is 11.7. The van der Waals surface area contributed by atoms with Gasteiger partial charge in [0.25, 0.3) is 5.91 Å². The molecule has 1 fully saturated rings. The Morgan fingerprint density at radius 1 is 1.37 bits per heavy atom. The van der Waals surface area contributed by atoms with Gasteiger partial charge in [-0.1, -0.05) is 11.6 Å². The standard InChI is InChI=1S/C13H18N2O4/c16-12(17)4-2-1-3-7-14-13(18)10-8-11(19-15-10)9-5-6-9/h8-9H,1-7H2,(H,14,18)(H,16,17). The first-order valence-corrected chi connectivity index (χ1v) is 6.63. The van der Waals surface area contributed by atoms with E-state index in [4.69, 9.17) is 9.63 Å². The number of unbranched alkanes of at least 4 members (excludes halogenated alkanes) is 2. The third kappa shape index (κ3) is 4.39. The number of carbonyl (C=O) groups is 2. The van der Waals surface area contributed by atoms with Crippen molar-refractivity contribution < 1.29 is 19.2 Å². The fourth-order valence-electron chi connectivity index (χ4n) is 1.83. The molecular formula is C13H18N2O4. The van der Waals surface area contributed by atoms with Gasteiger partial charge in [-0.05, 0) is 25.7 Å². The minimum atomic E-state index is -0.778. The minimum Gasteiger partial charge on any atom is -0.481 e. The number of carboxylic acid groups (broad SMARTS) is 1. The van der Waals surface area contributed by atoms with Crippen LogP contribution in [0.15, 0.2) is 10.6 Å². The molecular weight excluding hydrogens is 248 g/mol. The van der Waals surface area contributed by atoms with Crippen molar-refractivity contribution in [3.05, 3.63) is 17.5 Å². The van der Waals surface area contributed by atoms with E-state index in [-0.39, 0.29) is 12.3 Å². The highest BCUT2D eigenvalue weighted by Crippen LogP contribution is 2.40. The van der Waals surface area contributed by atoms with Crippen LogP contribution < -0.4 is 5.32 Å². The summed E-state index contributed by atoms with van der Waals surface area (Å²) >= 11 is 0. The summed E-state index contributed by atoms with van der Waals surface area (Å²) in [6.07, 6.45) is 4.60. The third-order valence-electron chi connectivity index (χ3n) is 3.09. The van der Waals surface area contributed by atoms with Crippen molar-refractivity contribution in [1.82, 2.24) is 10.5 Å². The molecule has 0 bridgehead atoms. The van der Waals surface area contributed by atoms with E-state index in [1.165, 1.54) is 0 Å². The Labute approximate surface area is 111 Å². The van der Waals surface area contributed by atoms with Gasteiger partial charge in [0.15, 0.2) is 5.69 Å². The van der Waals surface area contributed by atoms with Crippen molar-refractivity contribution in [2.45, 2.75) is 44.4 Å². The normalized spacial score (nSPS) is 14.3. The molecule has 6 nitrogen and oxygen atoms in total. The van der Waals surface area contributed by atoms with Crippen LogP contribution in [0.25, 0.3) is 0 Å². The summed E-state index contributed by atoms with van der Waals surface area (Å²) in [6.45, 7) is 0.532. The molecule has 0 saturated heterocycles. The van der Waals surface area contributed by atoms with Crippen LogP contribution in [0, 0.1) is 0 Å². The summed E-state index contributed by atoms with van der Waals surface area (Å²) in [4.78, 5) is 22.0. The molecule has 0 radical (unpaired) electrons. The Morgan fingerprint density at radius 2 is 2.16 bits per heavy atom. The molecule has 1 aliphatic rings. The Kier molecular flexibility index (Phi) is 4.54. The lowest BCUT2D eigenvalue weighted by molar-refractivity contribution is -0.137. The molecule has 0 atom stereocenters. The van der Waals surface area contributed by atoms with Gasteiger partial charge in [-0.25, -0.2) is 0 Å². The van der Waals surface area contributed by atoms with E-state index in [9.17, 15) is 9.59 Å². The molecule has 2 rings (SSSR count). The first-order valence-electron chi connectivity index (χ1n) is 6.63. The monoisotopic (exact) mass is 266 g/mol. The van der Waals surface area contributed by atoms with Crippen molar-refractivity contribution in [3.8, 4) is 0 Å². The Hall–Kier alpha value is -1.85.